The van der Waals surface area contributed by atoms with Gasteiger partial charge in [0.15, 0.2) is 0 Å². The van der Waals surface area contributed by atoms with E-state index in [4.69, 9.17) is 10.2 Å². The summed E-state index contributed by atoms with van der Waals surface area (Å²) < 4.78 is 7.04. The van der Waals surface area contributed by atoms with Crippen LogP contribution in [0.3, 0.4) is 0 Å². The molecule has 8 heteroatoms. The summed E-state index contributed by atoms with van der Waals surface area (Å²) >= 11 is 0. The summed E-state index contributed by atoms with van der Waals surface area (Å²) in [5.74, 6) is 0. The second-order valence-corrected chi connectivity index (χ2v) is 5.93. The number of carbonyl (C=O) groups excluding carboxylic acids is 1. The fourth-order valence-electron chi connectivity index (χ4n) is 2.80. The molecular formula is C20H15N5O3. The number of nitrogens with zero attached hydrogens (tertiary/aromatic N) is 3. The first-order valence-corrected chi connectivity index (χ1v) is 8.39. The molecule has 0 radical (unpaired) electrons. The molecule has 2 aromatic carbocycles. The van der Waals surface area contributed by atoms with Crippen LogP contribution < -0.4 is 16.8 Å². The van der Waals surface area contributed by atoms with E-state index in [-0.39, 0.29) is 5.56 Å². The molecule has 8 nitrogen and oxygen atoms in total. The molecule has 28 heavy (non-hydrogen) atoms. The van der Waals surface area contributed by atoms with Crippen molar-refractivity contribution in [3.8, 4) is 16.9 Å². The number of nitrogens with one attached hydrogen (secondary N) is 1. The van der Waals surface area contributed by atoms with Gasteiger partial charge in [-0.2, -0.15) is 10.2 Å². The van der Waals surface area contributed by atoms with Gasteiger partial charge in [-0.3, -0.25) is 0 Å². The summed E-state index contributed by atoms with van der Waals surface area (Å²) in [6.07, 6.45) is 3.08. The van der Waals surface area contributed by atoms with Crippen LogP contribution in [-0.4, -0.2) is 22.0 Å². The number of hydrazone groups is 1. The van der Waals surface area contributed by atoms with Crippen molar-refractivity contribution in [3.63, 3.8) is 0 Å². The van der Waals surface area contributed by atoms with E-state index in [0.29, 0.717) is 16.8 Å². The predicted molar refractivity (Wildman–Crippen MR) is 105 cm³/mol. The lowest BCUT2D eigenvalue weighted by Crippen LogP contribution is -2.24. The Balaban J connectivity index is 1.88. The number of para-hydroxylation sites is 2. The van der Waals surface area contributed by atoms with Gasteiger partial charge in [0.1, 0.15) is 11.3 Å². The standard InChI is InChI=1S/C20H15N5O3/c21-20(27)23-22-11-14-12-25(15-7-2-1-3-8-15)24-18(14)16-10-13-6-4-5-9-17(13)28-19(16)26/h1-12H,(H3,21,23,27)/b22-11-. The van der Waals surface area contributed by atoms with Gasteiger partial charge in [0.25, 0.3) is 0 Å². The molecule has 0 unspecified atom stereocenters. The van der Waals surface area contributed by atoms with Crippen LogP contribution in [0, 0.1) is 0 Å². The zero-order chi connectivity index (χ0) is 19.5. The Labute approximate surface area is 158 Å². The molecule has 0 fully saturated rings. The molecule has 0 atom stereocenters. The van der Waals surface area contributed by atoms with Crippen LogP contribution in [0.5, 0.6) is 0 Å². The number of hydrogen-bond donors (Lipinski definition) is 2. The van der Waals surface area contributed by atoms with Crippen LogP contribution in [0.2, 0.25) is 0 Å². The lowest BCUT2D eigenvalue weighted by molar-refractivity contribution is 0.249. The highest BCUT2D eigenvalue weighted by molar-refractivity contribution is 5.91. The lowest BCUT2D eigenvalue weighted by Gasteiger charge is -2.01. The maximum Gasteiger partial charge on any atom is 0.345 e. The van der Waals surface area contributed by atoms with E-state index in [1.54, 1.807) is 29.1 Å². The zero-order valence-electron chi connectivity index (χ0n) is 14.6. The van der Waals surface area contributed by atoms with Crippen molar-refractivity contribution in [1.82, 2.24) is 15.2 Å². The summed E-state index contributed by atoms with van der Waals surface area (Å²) in [6.45, 7) is 0. The second kappa shape index (κ2) is 7.20. The molecule has 0 saturated carbocycles. The van der Waals surface area contributed by atoms with Gasteiger partial charge in [-0.1, -0.05) is 36.4 Å². The van der Waals surface area contributed by atoms with E-state index in [2.05, 4.69) is 15.6 Å². The fraction of sp³-hybridized carbons (Fsp3) is 0. The third kappa shape index (κ3) is 3.38. The van der Waals surface area contributed by atoms with Gasteiger partial charge in [-0.05, 0) is 24.3 Å². The number of hydrogen-bond acceptors (Lipinski definition) is 5. The van der Waals surface area contributed by atoms with Crippen molar-refractivity contribution in [2.45, 2.75) is 0 Å². The quantitative estimate of drug-likeness (QED) is 0.325. The predicted octanol–water partition coefficient (Wildman–Crippen LogP) is 2.65. The molecule has 0 spiro atoms. The smallest absolute Gasteiger partial charge is 0.345 e. The topological polar surface area (TPSA) is 116 Å². The van der Waals surface area contributed by atoms with Crippen molar-refractivity contribution < 1.29 is 9.21 Å². The SMILES string of the molecule is NC(=O)N/N=C\c1cn(-c2ccccc2)nc1-c1cc2ccccc2oc1=O. The van der Waals surface area contributed by atoms with Crippen LogP contribution in [0.1, 0.15) is 5.56 Å². The number of nitrogens with two attached hydrogens (primary N) is 1. The second-order valence-electron chi connectivity index (χ2n) is 5.93. The molecule has 2 heterocycles. The first-order chi connectivity index (χ1) is 13.6. The van der Waals surface area contributed by atoms with Crippen molar-refractivity contribution in [1.29, 1.82) is 0 Å². The molecule has 4 aromatic rings. The minimum absolute atomic E-state index is 0.286. The van der Waals surface area contributed by atoms with Gasteiger partial charge >= 0.3 is 11.7 Å². The maximum atomic E-state index is 12.6. The van der Waals surface area contributed by atoms with E-state index < -0.39 is 11.7 Å². The highest BCUT2D eigenvalue weighted by Crippen LogP contribution is 2.23. The Kier molecular flexibility index (Phi) is 4.43. The minimum Gasteiger partial charge on any atom is -0.422 e. The fourth-order valence-corrected chi connectivity index (χ4v) is 2.80. The van der Waals surface area contributed by atoms with Crippen LogP contribution >= 0.6 is 0 Å². The molecule has 2 aromatic heterocycles. The average molecular weight is 373 g/mol. The van der Waals surface area contributed by atoms with Crippen LogP contribution in [-0.2, 0) is 0 Å². The van der Waals surface area contributed by atoms with Crippen molar-refractivity contribution >= 4 is 23.2 Å². The molecule has 138 valence electrons. The van der Waals surface area contributed by atoms with Crippen LogP contribution in [0.15, 0.2) is 81.2 Å². The first kappa shape index (κ1) is 17.2. The van der Waals surface area contributed by atoms with Gasteiger partial charge in [0.2, 0.25) is 0 Å². The van der Waals surface area contributed by atoms with Crippen molar-refractivity contribution in [2.75, 3.05) is 0 Å². The molecular weight excluding hydrogens is 358 g/mol. The largest absolute Gasteiger partial charge is 0.422 e. The highest BCUT2D eigenvalue weighted by atomic mass is 16.4. The maximum absolute atomic E-state index is 12.6. The summed E-state index contributed by atoms with van der Waals surface area (Å²) in [6, 6.07) is 17.6. The number of carbonyl (C=O) groups is 1. The summed E-state index contributed by atoms with van der Waals surface area (Å²) in [7, 11) is 0. The number of primary amides is 1. The van der Waals surface area contributed by atoms with E-state index in [0.717, 1.165) is 11.1 Å². The minimum atomic E-state index is -0.793. The molecule has 0 aliphatic heterocycles. The summed E-state index contributed by atoms with van der Waals surface area (Å²) in [4.78, 5) is 23.4. The first-order valence-electron chi connectivity index (χ1n) is 8.39. The number of amides is 2. The van der Waals surface area contributed by atoms with E-state index >= 15 is 0 Å². The Morgan fingerprint density at radius 3 is 2.68 bits per heavy atom. The molecule has 0 aliphatic carbocycles. The number of aromatic nitrogens is 2. The van der Waals surface area contributed by atoms with E-state index in [9.17, 15) is 9.59 Å². The zero-order valence-corrected chi connectivity index (χ0v) is 14.6. The van der Waals surface area contributed by atoms with Crippen LogP contribution in [0.4, 0.5) is 4.79 Å². The molecule has 0 bridgehead atoms. The summed E-state index contributed by atoms with van der Waals surface area (Å²) in [5, 5.41) is 9.10. The monoisotopic (exact) mass is 373 g/mol. The Morgan fingerprint density at radius 1 is 1.14 bits per heavy atom. The van der Waals surface area contributed by atoms with Gasteiger partial charge in [-0.15, -0.1) is 0 Å². The number of urea groups is 1. The van der Waals surface area contributed by atoms with Gasteiger partial charge in [-0.25, -0.2) is 19.7 Å². The van der Waals surface area contributed by atoms with Gasteiger partial charge in [0.05, 0.1) is 17.5 Å². The Morgan fingerprint density at radius 2 is 1.89 bits per heavy atom. The molecule has 0 saturated heterocycles. The van der Waals surface area contributed by atoms with Crippen molar-refractivity contribution in [3.05, 3.63) is 82.8 Å². The average Bonchev–Trinajstić information content (AvgIpc) is 3.12. The van der Waals surface area contributed by atoms with E-state index in [1.807, 2.05) is 42.5 Å². The van der Waals surface area contributed by atoms with E-state index in [1.165, 1.54) is 6.21 Å². The Hall–Kier alpha value is -4.20. The van der Waals surface area contributed by atoms with Crippen molar-refractivity contribution in [2.24, 2.45) is 10.8 Å². The number of fused-ring (bicyclic) bond motifs is 1. The van der Waals surface area contributed by atoms with Crippen LogP contribution in [0.25, 0.3) is 27.9 Å². The van der Waals surface area contributed by atoms with Gasteiger partial charge < -0.3 is 10.2 Å². The Bertz CT molecular complexity index is 1240. The molecule has 4 rings (SSSR count). The lowest BCUT2D eigenvalue weighted by atomic mass is 10.1. The van der Waals surface area contributed by atoms with Gasteiger partial charge in [0, 0.05) is 17.1 Å². The molecule has 0 aliphatic rings. The third-order valence-corrected chi connectivity index (χ3v) is 4.04. The molecule has 2 amide bonds. The number of rotatable bonds is 4. The highest BCUT2D eigenvalue weighted by Gasteiger charge is 2.16. The third-order valence-electron chi connectivity index (χ3n) is 4.04. The normalized spacial score (nSPS) is 11.1. The molecule has 3 N–H and O–H groups in total. The summed E-state index contributed by atoms with van der Waals surface area (Å²) in [5.41, 5.74) is 9.12. The number of benzene rings is 2.